The van der Waals surface area contributed by atoms with Gasteiger partial charge < -0.3 is 9.47 Å². The Morgan fingerprint density at radius 2 is 1.79 bits per heavy atom. The molecule has 0 amide bonds. The van der Waals surface area contributed by atoms with Crippen molar-refractivity contribution in [1.29, 1.82) is 0 Å². The van der Waals surface area contributed by atoms with E-state index in [1.165, 1.54) is 7.11 Å². The maximum absolute atomic E-state index is 11.9. The van der Waals surface area contributed by atoms with E-state index in [2.05, 4.69) is 0 Å². The summed E-state index contributed by atoms with van der Waals surface area (Å²) in [6.45, 7) is 3.80. The average molecular weight is 264 g/mol. The molecule has 0 aliphatic rings. The molecule has 19 heavy (non-hydrogen) atoms. The van der Waals surface area contributed by atoms with Gasteiger partial charge in [0, 0.05) is 5.56 Å². The van der Waals surface area contributed by atoms with Gasteiger partial charge in [0.05, 0.1) is 13.0 Å². The van der Waals surface area contributed by atoms with Gasteiger partial charge in [0.1, 0.15) is 0 Å². The zero-order valence-electron chi connectivity index (χ0n) is 11.6. The van der Waals surface area contributed by atoms with E-state index in [1.54, 1.807) is 31.2 Å². The lowest BCUT2D eigenvalue weighted by molar-refractivity contribution is -0.169. The van der Waals surface area contributed by atoms with Crippen LogP contribution in [0.1, 0.15) is 38.4 Å². The normalized spacial score (nSPS) is 13.4. The highest BCUT2D eigenvalue weighted by Gasteiger charge is 2.27. The number of benzene rings is 1. The van der Waals surface area contributed by atoms with Crippen LogP contribution in [0.15, 0.2) is 30.3 Å². The summed E-state index contributed by atoms with van der Waals surface area (Å²) in [7, 11) is 1.28. The Morgan fingerprint density at radius 1 is 1.16 bits per heavy atom. The van der Waals surface area contributed by atoms with E-state index >= 15 is 0 Å². The van der Waals surface area contributed by atoms with E-state index in [4.69, 9.17) is 9.47 Å². The predicted molar refractivity (Wildman–Crippen MR) is 71.4 cm³/mol. The molecule has 2 atom stereocenters. The first-order valence-corrected chi connectivity index (χ1v) is 6.43. The van der Waals surface area contributed by atoms with Crippen LogP contribution in [-0.4, -0.2) is 19.0 Å². The fourth-order valence-electron chi connectivity index (χ4n) is 1.77. The van der Waals surface area contributed by atoms with Crippen LogP contribution >= 0.6 is 0 Å². The predicted octanol–water partition coefficient (Wildman–Crippen LogP) is 2.88. The third kappa shape index (κ3) is 4.39. The number of carbonyl (C=O) groups is 2. The van der Waals surface area contributed by atoms with E-state index in [1.807, 2.05) is 13.0 Å². The van der Waals surface area contributed by atoms with Gasteiger partial charge >= 0.3 is 11.9 Å². The summed E-state index contributed by atoms with van der Waals surface area (Å²) in [5.74, 6) is -1.16. The summed E-state index contributed by atoms with van der Waals surface area (Å²) in [5, 5.41) is 0. The Labute approximate surface area is 113 Å². The molecule has 0 aliphatic heterocycles. The van der Waals surface area contributed by atoms with Crippen LogP contribution in [0, 0.1) is 5.92 Å². The maximum atomic E-state index is 11.9. The minimum atomic E-state index is -0.988. The zero-order chi connectivity index (χ0) is 14.3. The first kappa shape index (κ1) is 15.2. The Bertz CT molecular complexity index is 413. The number of methoxy groups -OCH3 is 1. The van der Waals surface area contributed by atoms with Crippen molar-refractivity contribution in [3.63, 3.8) is 0 Å². The quantitative estimate of drug-likeness (QED) is 0.741. The second kappa shape index (κ2) is 7.56. The molecule has 2 unspecified atom stereocenters. The number of carbonyl (C=O) groups excluding carboxylic acids is 2. The highest BCUT2D eigenvalue weighted by molar-refractivity contribution is 5.81. The van der Waals surface area contributed by atoms with Crippen LogP contribution in [0.2, 0.25) is 0 Å². The van der Waals surface area contributed by atoms with Gasteiger partial charge in [-0.2, -0.15) is 0 Å². The van der Waals surface area contributed by atoms with Gasteiger partial charge in [-0.3, -0.25) is 4.79 Å². The van der Waals surface area contributed by atoms with Crippen LogP contribution in [-0.2, 0) is 19.1 Å². The molecule has 4 nitrogen and oxygen atoms in total. The molecule has 4 heteroatoms. The topological polar surface area (TPSA) is 52.6 Å². The van der Waals surface area contributed by atoms with Crippen molar-refractivity contribution in [1.82, 2.24) is 0 Å². The lowest BCUT2D eigenvalue weighted by Gasteiger charge is -2.18. The van der Waals surface area contributed by atoms with Crippen molar-refractivity contribution < 1.29 is 19.1 Å². The molecule has 1 rings (SSSR count). The summed E-state index contributed by atoms with van der Waals surface area (Å²) in [6.07, 6.45) is 0.643. The Balaban J connectivity index is 2.82. The number of hydrogen-bond donors (Lipinski definition) is 0. The highest BCUT2D eigenvalue weighted by atomic mass is 16.6. The van der Waals surface area contributed by atoms with E-state index in [0.717, 1.165) is 12.8 Å². The molecule has 1 aromatic carbocycles. The van der Waals surface area contributed by atoms with Gasteiger partial charge in [-0.1, -0.05) is 50.6 Å². The maximum Gasteiger partial charge on any atom is 0.351 e. The van der Waals surface area contributed by atoms with E-state index in [9.17, 15) is 9.59 Å². The molecule has 104 valence electrons. The van der Waals surface area contributed by atoms with Crippen molar-refractivity contribution in [2.24, 2.45) is 5.92 Å². The largest absolute Gasteiger partial charge is 0.466 e. The molecule has 0 saturated carbocycles. The highest BCUT2D eigenvalue weighted by Crippen LogP contribution is 2.21. The van der Waals surface area contributed by atoms with E-state index < -0.39 is 12.1 Å². The summed E-state index contributed by atoms with van der Waals surface area (Å²) < 4.78 is 9.98. The SMILES string of the molecule is CCCC(C)C(=O)OC(C(=O)OC)c1ccccc1. The molecule has 0 aromatic heterocycles. The Morgan fingerprint density at radius 3 is 2.32 bits per heavy atom. The fourth-order valence-corrected chi connectivity index (χ4v) is 1.77. The molecule has 0 fully saturated rings. The van der Waals surface area contributed by atoms with E-state index in [-0.39, 0.29) is 11.9 Å². The minimum absolute atomic E-state index is 0.221. The standard InChI is InChI=1S/C15H20O4/c1-4-8-11(2)14(16)19-13(15(17)18-3)12-9-6-5-7-10-12/h5-7,9-11,13H,4,8H2,1-3H3. The number of esters is 2. The number of hydrogen-bond acceptors (Lipinski definition) is 4. The fraction of sp³-hybridized carbons (Fsp3) is 0.467. The zero-order valence-corrected chi connectivity index (χ0v) is 11.6. The minimum Gasteiger partial charge on any atom is -0.466 e. The van der Waals surface area contributed by atoms with Gasteiger partial charge in [0.15, 0.2) is 0 Å². The third-order valence-corrected chi connectivity index (χ3v) is 2.88. The average Bonchev–Trinajstić information content (AvgIpc) is 2.44. The molecule has 0 bridgehead atoms. The molecular weight excluding hydrogens is 244 g/mol. The number of ether oxygens (including phenoxy) is 2. The van der Waals surface area contributed by atoms with Crippen LogP contribution < -0.4 is 0 Å². The Kier molecular flexibility index (Phi) is 6.06. The number of rotatable bonds is 6. The second-order valence-corrected chi connectivity index (χ2v) is 4.44. The monoisotopic (exact) mass is 264 g/mol. The molecule has 1 aromatic rings. The van der Waals surface area contributed by atoms with Gasteiger partial charge in [-0.15, -0.1) is 0 Å². The van der Waals surface area contributed by atoms with Gasteiger partial charge in [-0.05, 0) is 6.42 Å². The molecule has 0 radical (unpaired) electrons. The van der Waals surface area contributed by atoms with Gasteiger partial charge in [-0.25, -0.2) is 4.79 Å². The van der Waals surface area contributed by atoms with Crippen molar-refractivity contribution in [2.45, 2.75) is 32.8 Å². The van der Waals surface area contributed by atoms with Gasteiger partial charge in [0.2, 0.25) is 6.10 Å². The molecule has 0 spiro atoms. The molecular formula is C15H20O4. The first-order chi connectivity index (χ1) is 9.10. The van der Waals surface area contributed by atoms with Crippen molar-refractivity contribution >= 4 is 11.9 Å². The van der Waals surface area contributed by atoms with Crippen molar-refractivity contribution in [2.75, 3.05) is 7.11 Å². The van der Waals surface area contributed by atoms with Gasteiger partial charge in [0.25, 0.3) is 0 Å². The molecule has 0 aliphatic carbocycles. The van der Waals surface area contributed by atoms with E-state index in [0.29, 0.717) is 5.56 Å². The van der Waals surface area contributed by atoms with Crippen molar-refractivity contribution in [3.8, 4) is 0 Å². The Hall–Kier alpha value is -1.84. The van der Waals surface area contributed by atoms with Crippen LogP contribution in [0.4, 0.5) is 0 Å². The summed E-state index contributed by atoms with van der Waals surface area (Å²) >= 11 is 0. The summed E-state index contributed by atoms with van der Waals surface area (Å²) in [4.78, 5) is 23.6. The molecule has 0 heterocycles. The third-order valence-electron chi connectivity index (χ3n) is 2.88. The first-order valence-electron chi connectivity index (χ1n) is 6.43. The summed E-state index contributed by atoms with van der Waals surface area (Å²) in [5.41, 5.74) is 0.617. The summed E-state index contributed by atoms with van der Waals surface area (Å²) in [6, 6.07) is 8.88. The second-order valence-electron chi connectivity index (χ2n) is 4.44. The van der Waals surface area contributed by atoms with Crippen molar-refractivity contribution in [3.05, 3.63) is 35.9 Å². The molecule has 0 saturated heterocycles. The van der Waals surface area contributed by atoms with Crippen LogP contribution in [0.5, 0.6) is 0 Å². The lowest BCUT2D eigenvalue weighted by atomic mass is 10.1. The van der Waals surface area contributed by atoms with Crippen LogP contribution in [0.3, 0.4) is 0 Å². The molecule has 0 N–H and O–H groups in total. The lowest BCUT2D eigenvalue weighted by Crippen LogP contribution is -2.24. The van der Waals surface area contributed by atoms with Crippen LogP contribution in [0.25, 0.3) is 0 Å². The smallest absolute Gasteiger partial charge is 0.351 e.